The molecule has 0 aliphatic rings. The average molecular weight is 429 g/mol. The first-order chi connectivity index (χ1) is 14.5. The van der Waals surface area contributed by atoms with Gasteiger partial charge in [-0.3, -0.25) is 14.2 Å². The molecule has 0 saturated carbocycles. The zero-order valence-electron chi connectivity index (χ0n) is 16.9. The molecule has 1 aromatic carbocycles. The zero-order valence-corrected chi connectivity index (χ0v) is 17.7. The number of imidazole rings is 1. The maximum atomic E-state index is 12.7. The summed E-state index contributed by atoms with van der Waals surface area (Å²) in [6, 6.07) is 9.22. The van der Waals surface area contributed by atoms with Gasteiger partial charge in [0.15, 0.2) is 5.16 Å². The molecule has 2 heterocycles. The summed E-state index contributed by atoms with van der Waals surface area (Å²) in [5.41, 5.74) is 0.921. The molecule has 10 heteroatoms. The van der Waals surface area contributed by atoms with Gasteiger partial charge in [-0.25, -0.2) is 4.98 Å². The number of carbonyl (C=O) groups is 2. The number of aromatic nitrogens is 5. The molecule has 3 rings (SSSR count). The summed E-state index contributed by atoms with van der Waals surface area (Å²) < 4.78 is 3.42. The summed E-state index contributed by atoms with van der Waals surface area (Å²) in [6.07, 6.45) is 4.97. The first kappa shape index (κ1) is 21.6. The van der Waals surface area contributed by atoms with Crippen LogP contribution in [0.15, 0.2) is 47.9 Å². The lowest BCUT2D eigenvalue weighted by Gasteiger charge is -2.19. The Bertz CT molecular complexity index is 1000. The summed E-state index contributed by atoms with van der Waals surface area (Å²) in [5.74, 6) is 0.227. The van der Waals surface area contributed by atoms with Crippen molar-refractivity contribution in [1.82, 2.24) is 29.6 Å². The van der Waals surface area contributed by atoms with Gasteiger partial charge >= 0.3 is 5.97 Å². The van der Waals surface area contributed by atoms with E-state index in [1.807, 2.05) is 55.1 Å². The minimum atomic E-state index is -0.975. The van der Waals surface area contributed by atoms with Gasteiger partial charge in [-0.2, -0.15) is 0 Å². The number of rotatable bonds is 10. The molecule has 1 atom stereocenters. The summed E-state index contributed by atoms with van der Waals surface area (Å²) in [4.78, 5) is 28.3. The molecule has 0 bridgehead atoms. The average Bonchev–Trinajstić information content (AvgIpc) is 3.31. The Labute approximate surface area is 178 Å². The molecule has 0 aliphatic carbocycles. The van der Waals surface area contributed by atoms with Gasteiger partial charge in [0, 0.05) is 25.9 Å². The van der Waals surface area contributed by atoms with E-state index >= 15 is 0 Å². The van der Waals surface area contributed by atoms with Crippen molar-refractivity contribution in [3.05, 3.63) is 59.9 Å². The molecule has 0 saturated heterocycles. The standard InChI is InChI=1S/C20H24N6O3S/c1-3-7-15-23-24-20(26(15)12-17(28)29)30-13-16(27)22-18(14-8-5-4-6-9-14)19-21-10-11-25(19)2/h4-6,8-11,18H,3,7,12-13H2,1-2H3,(H,22,27)(H,28,29)/t18-/m0/s1. The maximum absolute atomic E-state index is 12.7. The molecular weight excluding hydrogens is 404 g/mol. The number of benzene rings is 1. The van der Waals surface area contributed by atoms with Crippen LogP contribution in [0.25, 0.3) is 0 Å². The molecule has 0 aliphatic heterocycles. The van der Waals surface area contributed by atoms with E-state index in [2.05, 4.69) is 20.5 Å². The first-order valence-electron chi connectivity index (χ1n) is 9.57. The lowest BCUT2D eigenvalue weighted by molar-refractivity contribution is -0.137. The number of nitrogens with zero attached hydrogens (tertiary/aromatic N) is 5. The number of thioether (sulfide) groups is 1. The number of carboxylic acids is 1. The number of aryl methyl sites for hydroxylation is 2. The van der Waals surface area contributed by atoms with Crippen molar-refractivity contribution in [2.75, 3.05) is 5.75 Å². The zero-order chi connectivity index (χ0) is 21.5. The molecule has 1 amide bonds. The third kappa shape index (κ3) is 5.26. The molecule has 30 heavy (non-hydrogen) atoms. The van der Waals surface area contributed by atoms with Gasteiger partial charge in [0.1, 0.15) is 24.2 Å². The van der Waals surface area contributed by atoms with E-state index < -0.39 is 12.0 Å². The lowest BCUT2D eigenvalue weighted by Crippen LogP contribution is -2.32. The minimum absolute atomic E-state index is 0.0810. The number of amides is 1. The second kappa shape index (κ2) is 10.1. The predicted molar refractivity (Wildman–Crippen MR) is 112 cm³/mol. The highest BCUT2D eigenvalue weighted by Gasteiger charge is 2.22. The summed E-state index contributed by atoms with van der Waals surface area (Å²) in [6.45, 7) is 1.76. The van der Waals surface area contributed by atoms with Crippen LogP contribution < -0.4 is 5.32 Å². The highest BCUT2D eigenvalue weighted by atomic mass is 32.2. The van der Waals surface area contributed by atoms with Crippen molar-refractivity contribution in [2.24, 2.45) is 7.05 Å². The maximum Gasteiger partial charge on any atom is 0.323 e. The second-order valence-corrected chi connectivity index (χ2v) is 7.67. The van der Waals surface area contributed by atoms with E-state index in [4.69, 9.17) is 0 Å². The van der Waals surface area contributed by atoms with Crippen molar-refractivity contribution >= 4 is 23.6 Å². The van der Waals surface area contributed by atoms with Gasteiger partial charge in [0.05, 0.1) is 5.75 Å². The molecular formula is C20H24N6O3S. The van der Waals surface area contributed by atoms with Gasteiger partial charge in [-0.15, -0.1) is 10.2 Å². The Hall–Kier alpha value is -3.14. The number of aliphatic carboxylic acids is 1. The van der Waals surface area contributed by atoms with Gasteiger partial charge in [0.2, 0.25) is 5.91 Å². The molecule has 0 unspecified atom stereocenters. The molecule has 158 valence electrons. The van der Waals surface area contributed by atoms with Crippen LogP contribution in [0.3, 0.4) is 0 Å². The fourth-order valence-electron chi connectivity index (χ4n) is 3.06. The number of nitrogens with one attached hydrogen (secondary N) is 1. The van der Waals surface area contributed by atoms with Crippen LogP contribution in [0.1, 0.15) is 36.6 Å². The predicted octanol–water partition coefficient (Wildman–Crippen LogP) is 2.05. The van der Waals surface area contributed by atoms with Crippen molar-refractivity contribution in [1.29, 1.82) is 0 Å². The van der Waals surface area contributed by atoms with Crippen molar-refractivity contribution in [3.8, 4) is 0 Å². The third-order valence-electron chi connectivity index (χ3n) is 4.45. The largest absolute Gasteiger partial charge is 0.480 e. The number of carboxylic acid groups (broad SMARTS) is 1. The topological polar surface area (TPSA) is 115 Å². The number of hydrogen-bond donors (Lipinski definition) is 2. The molecule has 0 fully saturated rings. The van der Waals surface area contributed by atoms with E-state index in [0.29, 0.717) is 17.4 Å². The van der Waals surface area contributed by atoms with E-state index in [-0.39, 0.29) is 18.2 Å². The molecule has 3 aromatic rings. The number of carbonyl (C=O) groups excluding carboxylic acids is 1. The van der Waals surface area contributed by atoms with Crippen LogP contribution in [-0.2, 0) is 29.6 Å². The van der Waals surface area contributed by atoms with Crippen LogP contribution in [0, 0.1) is 0 Å². The molecule has 0 spiro atoms. The lowest BCUT2D eigenvalue weighted by atomic mass is 10.1. The van der Waals surface area contributed by atoms with E-state index in [1.54, 1.807) is 10.8 Å². The van der Waals surface area contributed by atoms with Crippen molar-refractivity contribution < 1.29 is 14.7 Å². The van der Waals surface area contributed by atoms with Crippen LogP contribution in [0.5, 0.6) is 0 Å². The molecule has 2 N–H and O–H groups in total. The number of hydrogen-bond acceptors (Lipinski definition) is 6. The highest BCUT2D eigenvalue weighted by Crippen LogP contribution is 2.22. The van der Waals surface area contributed by atoms with E-state index in [9.17, 15) is 14.7 Å². The second-order valence-electron chi connectivity index (χ2n) is 6.72. The van der Waals surface area contributed by atoms with Crippen LogP contribution in [0.4, 0.5) is 0 Å². The van der Waals surface area contributed by atoms with E-state index in [0.717, 1.165) is 17.8 Å². The van der Waals surface area contributed by atoms with Gasteiger partial charge in [0.25, 0.3) is 0 Å². The summed E-state index contributed by atoms with van der Waals surface area (Å²) in [7, 11) is 1.88. The fraction of sp³-hybridized carbons (Fsp3) is 0.350. The monoisotopic (exact) mass is 428 g/mol. The molecule has 2 aromatic heterocycles. The Morgan fingerprint density at radius 2 is 2.00 bits per heavy atom. The fourth-order valence-corrected chi connectivity index (χ4v) is 3.83. The Morgan fingerprint density at radius 1 is 1.23 bits per heavy atom. The normalized spacial score (nSPS) is 11.9. The smallest absolute Gasteiger partial charge is 0.323 e. The summed E-state index contributed by atoms with van der Waals surface area (Å²) in [5, 5.41) is 20.8. The highest BCUT2D eigenvalue weighted by molar-refractivity contribution is 7.99. The van der Waals surface area contributed by atoms with Crippen LogP contribution in [-0.4, -0.2) is 47.1 Å². The van der Waals surface area contributed by atoms with E-state index in [1.165, 1.54) is 11.8 Å². The Balaban J connectivity index is 1.73. The third-order valence-corrected chi connectivity index (χ3v) is 5.41. The minimum Gasteiger partial charge on any atom is -0.480 e. The summed E-state index contributed by atoms with van der Waals surface area (Å²) >= 11 is 1.17. The molecule has 0 radical (unpaired) electrons. The van der Waals surface area contributed by atoms with Crippen molar-refractivity contribution in [2.45, 2.75) is 37.5 Å². The van der Waals surface area contributed by atoms with Gasteiger partial charge < -0.3 is 15.0 Å². The van der Waals surface area contributed by atoms with Crippen molar-refractivity contribution in [3.63, 3.8) is 0 Å². The van der Waals surface area contributed by atoms with Crippen LogP contribution in [0.2, 0.25) is 0 Å². The quantitative estimate of drug-likeness (QED) is 0.475. The van der Waals surface area contributed by atoms with Crippen LogP contribution >= 0.6 is 11.8 Å². The first-order valence-corrected chi connectivity index (χ1v) is 10.6. The Morgan fingerprint density at radius 3 is 2.63 bits per heavy atom. The molecule has 9 nitrogen and oxygen atoms in total. The van der Waals surface area contributed by atoms with Gasteiger partial charge in [-0.1, -0.05) is 49.0 Å². The van der Waals surface area contributed by atoms with Gasteiger partial charge in [-0.05, 0) is 12.0 Å². The SMILES string of the molecule is CCCc1nnc(SCC(=O)N[C@@H](c2ccccc2)c2nccn2C)n1CC(=O)O. The Kier molecular flexibility index (Phi) is 7.23.